The molecule has 0 aliphatic carbocycles. The van der Waals surface area contributed by atoms with Gasteiger partial charge >= 0.3 is 5.97 Å². The number of aromatic carboxylic acids is 1. The van der Waals surface area contributed by atoms with E-state index in [1.807, 2.05) is 0 Å². The maximum Gasteiger partial charge on any atom is 0.340 e. The van der Waals surface area contributed by atoms with Crippen molar-refractivity contribution >= 4 is 28.5 Å². The zero-order chi connectivity index (χ0) is 12.6. The van der Waals surface area contributed by atoms with Gasteiger partial charge in [-0.25, -0.2) is 4.79 Å². The Balaban J connectivity index is 2.99. The van der Waals surface area contributed by atoms with Crippen LogP contribution in [0.5, 0.6) is 11.5 Å². The SMILES string of the molecule is CSc1c(C(=O)O)c(O)c2ccccc2c1O. The van der Waals surface area contributed by atoms with E-state index in [9.17, 15) is 15.0 Å². The van der Waals surface area contributed by atoms with Gasteiger partial charge in [-0.1, -0.05) is 24.3 Å². The van der Waals surface area contributed by atoms with Crippen molar-refractivity contribution < 1.29 is 20.1 Å². The number of fused-ring (bicyclic) bond motifs is 1. The van der Waals surface area contributed by atoms with Crippen LogP contribution < -0.4 is 0 Å². The van der Waals surface area contributed by atoms with Gasteiger partial charge in [-0.2, -0.15) is 0 Å². The van der Waals surface area contributed by atoms with Crippen LogP contribution in [0.1, 0.15) is 10.4 Å². The molecule has 0 aromatic heterocycles. The van der Waals surface area contributed by atoms with Gasteiger partial charge in [0.15, 0.2) is 0 Å². The summed E-state index contributed by atoms with van der Waals surface area (Å²) in [7, 11) is 0. The molecule has 2 aromatic carbocycles. The van der Waals surface area contributed by atoms with E-state index < -0.39 is 5.97 Å². The molecule has 3 N–H and O–H groups in total. The number of carbonyl (C=O) groups is 1. The lowest BCUT2D eigenvalue weighted by atomic mass is 10.0. The van der Waals surface area contributed by atoms with Crippen LogP contribution in [0, 0.1) is 0 Å². The van der Waals surface area contributed by atoms with Crippen molar-refractivity contribution in [2.24, 2.45) is 0 Å². The normalized spacial score (nSPS) is 10.6. The number of benzene rings is 2. The highest BCUT2D eigenvalue weighted by atomic mass is 32.2. The smallest absolute Gasteiger partial charge is 0.340 e. The fraction of sp³-hybridized carbons (Fsp3) is 0.0833. The molecule has 0 bridgehead atoms. The zero-order valence-electron chi connectivity index (χ0n) is 8.97. The van der Waals surface area contributed by atoms with E-state index in [4.69, 9.17) is 5.11 Å². The molecule has 0 fully saturated rings. The molecule has 0 saturated carbocycles. The summed E-state index contributed by atoms with van der Waals surface area (Å²) >= 11 is 1.09. The molecule has 2 aromatic rings. The van der Waals surface area contributed by atoms with Crippen LogP contribution in [0.3, 0.4) is 0 Å². The van der Waals surface area contributed by atoms with Crippen molar-refractivity contribution in [3.8, 4) is 11.5 Å². The topological polar surface area (TPSA) is 77.8 Å². The van der Waals surface area contributed by atoms with Crippen LogP contribution in [-0.4, -0.2) is 27.5 Å². The summed E-state index contributed by atoms with van der Waals surface area (Å²) in [5.74, 6) is -1.67. The highest BCUT2D eigenvalue weighted by molar-refractivity contribution is 7.98. The number of phenolic OH excluding ortho intramolecular Hbond substituents is 1. The predicted octanol–water partition coefficient (Wildman–Crippen LogP) is 2.67. The first kappa shape index (κ1) is 11.6. The zero-order valence-corrected chi connectivity index (χ0v) is 9.78. The van der Waals surface area contributed by atoms with E-state index in [1.54, 1.807) is 30.5 Å². The van der Waals surface area contributed by atoms with Gasteiger partial charge in [0.05, 0.1) is 4.90 Å². The van der Waals surface area contributed by atoms with E-state index in [-0.39, 0.29) is 22.0 Å². The van der Waals surface area contributed by atoms with Crippen LogP contribution in [0.25, 0.3) is 10.8 Å². The molecule has 0 unspecified atom stereocenters. The Bertz CT molecular complexity index is 607. The highest BCUT2D eigenvalue weighted by Crippen LogP contribution is 2.43. The summed E-state index contributed by atoms with van der Waals surface area (Å²) < 4.78 is 0. The Morgan fingerprint density at radius 3 is 2.12 bits per heavy atom. The Labute approximate surface area is 102 Å². The van der Waals surface area contributed by atoms with Gasteiger partial charge in [-0.05, 0) is 6.26 Å². The first-order valence-corrected chi connectivity index (χ1v) is 6.04. The molecule has 88 valence electrons. The first-order valence-electron chi connectivity index (χ1n) is 4.81. The molecule has 0 aliphatic rings. The van der Waals surface area contributed by atoms with Gasteiger partial charge in [0.2, 0.25) is 0 Å². The largest absolute Gasteiger partial charge is 0.506 e. The van der Waals surface area contributed by atoms with E-state index >= 15 is 0 Å². The van der Waals surface area contributed by atoms with Crippen molar-refractivity contribution in [3.05, 3.63) is 29.8 Å². The summed E-state index contributed by atoms with van der Waals surface area (Å²) in [5, 5.41) is 29.8. The Morgan fingerprint density at radius 1 is 1.12 bits per heavy atom. The van der Waals surface area contributed by atoms with Gasteiger partial charge in [0.1, 0.15) is 17.1 Å². The molecule has 0 heterocycles. The molecule has 0 aliphatic heterocycles. The minimum absolute atomic E-state index is 0.108. The Hall–Kier alpha value is -1.88. The maximum absolute atomic E-state index is 11.1. The van der Waals surface area contributed by atoms with E-state index in [0.717, 1.165) is 11.8 Å². The fourth-order valence-electron chi connectivity index (χ4n) is 1.78. The van der Waals surface area contributed by atoms with Crippen molar-refractivity contribution in [1.29, 1.82) is 0 Å². The van der Waals surface area contributed by atoms with Crippen LogP contribution in [-0.2, 0) is 0 Å². The average molecular weight is 250 g/mol. The summed E-state index contributed by atoms with van der Waals surface area (Å²) in [4.78, 5) is 11.3. The third-order valence-corrected chi connectivity index (χ3v) is 3.34. The molecule has 4 nitrogen and oxygen atoms in total. The monoisotopic (exact) mass is 250 g/mol. The van der Waals surface area contributed by atoms with E-state index in [1.165, 1.54) is 0 Å². The molecular formula is C12H10O4S. The van der Waals surface area contributed by atoms with E-state index in [2.05, 4.69) is 0 Å². The summed E-state index contributed by atoms with van der Waals surface area (Å²) in [6, 6.07) is 6.59. The van der Waals surface area contributed by atoms with Crippen LogP contribution in [0.15, 0.2) is 29.2 Å². The summed E-state index contributed by atoms with van der Waals surface area (Å²) in [6.07, 6.45) is 1.65. The van der Waals surface area contributed by atoms with Gasteiger partial charge in [-0.3, -0.25) is 0 Å². The van der Waals surface area contributed by atoms with Crippen molar-refractivity contribution in [1.82, 2.24) is 0 Å². The highest BCUT2D eigenvalue weighted by Gasteiger charge is 2.22. The molecule has 5 heteroatoms. The Morgan fingerprint density at radius 2 is 1.65 bits per heavy atom. The number of carboxylic acid groups (broad SMARTS) is 1. The number of aromatic hydroxyl groups is 2. The fourth-order valence-corrected chi connectivity index (χ4v) is 2.47. The standard InChI is InChI=1S/C12H10O4S/c1-17-11-8(12(15)16)9(13)6-4-2-3-5-7(6)10(11)14/h2-5,13-14H,1H3,(H,15,16). The summed E-state index contributed by atoms with van der Waals surface area (Å²) in [5.41, 5.74) is -0.256. The Kier molecular flexibility index (Phi) is 2.85. The quantitative estimate of drug-likeness (QED) is 0.564. The number of thioether (sulfide) groups is 1. The second kappa shape index (κ2) is 4.18. The number of carboxylic acids is 1. The van der Waals surface area contributed by atoms with Crippen LogP contribution in [0.4, 0.5) is 0 Å². The lowest BCUT2D eigenvalue weighted by Gasteiger charge is -2.12. The lowest BCUT2D eigenvalue weighted by Crippen LogP contribution is -2.00. The molecular weight excluding hydrogens is 240 g/mol. The van der Waals surface area contributed by atoms with Crippen molar-refractivity contribution in [3.63, 3.8) is 0 Å². The molecule has 0 amide bonds. The average Bonchev–Trinajstić information content (AvgIpc) is 2.33. The molecule has 17 heavy (non-hydrogen) atoms. The summed E-state index contributed by atoms with van der Waals surface area (Å²) in [6.45, 7) is 0. The number of hydrogen-bond acceptors (Lipinski definition) is 4. The minimum atomic E-state index is -1.26. The third-order valence-electron chi connectivity index (χ3n) is 2.53. The van der Waals surface area contributed by atoms with Gasteiger partial charge in [0, 0.05) is 10.8 Å². The van der Waals surface area contributed by atoms with Crippen molar-refractivity contribution in [2.45, 2.75) is 4.90 Å². The molecule has 0 atom stereocenters. The molecule has 0 saturated heterocycles. The molecule has 0 radical (unpaired) electrons. The van der Waals surface area contributed by atoms with Gasteiger partial charge in [0.25, 0.3) is 0 Å². The van der Waals surface area contributed by atoms with Crippen LogP contribution >= 0.6 is 11.8 Å². The predicted molar refractivity (Wildman–Crippen MR) is 66.0 cm³/mol. The second-order valence-electron chi connectivity index (χ2n) is 3.46. The maximum atomic E-state index is 11.1. The first-order chi connectivity index (χ1) is 8.07. The minimum Gasteiger partial charge on any atom is -0.506 e. The number of phenols is 2. The molecule has 2 rings (SSSR count). The lowest BCUT2D eigenvalue weighted by molar-refractivity contribution is 0.0689. The van der Waals surface area contributed by atoms with Gasteiger partial charge < -0.3 is 15.3 Å². The van der Waals surface area contributed by atoms with Crippen LogP contribution in [0.2, 0.25) is 0 Å². The molecule has 0 spiro atoms. The third kappa shape index (κ3) is 1.68. The number of rotatable bonds is 2. The van der Waals surface area contributed by atoms with Crippen molar-refractivity contribution in [2.75, 3.05) is 6.26 Å². The van der Waals surface area contributed by atoms with E-state index in [0.29, 0.717) is 10.8 Å². The number of hydrogen-bond donors (Lipinski definition) is 3. The van der Waals surface area contributed by atoms with Gasteiger partial charge in [-0.15, -0.1) is 11.8 Å². The second-order valence-corrected chi connectivity index (χ2v) is 4.27.